The average molecular weight is 254 g/mol. The number of hydrogen-bond donors (Lipinski definition) is 0. The smallest absolute Gasteiger partial charge is 0.159 e. The molecular formula is C13H13ClFNO. The molecule has 1 unspecified atom stereocenters. The van der Waals surface area contributed by atoms with Crippen molar-refractivity contribution in [2.45, 2.75) is 26.7 Å². The second kappa shape index (κ2) is 4.85. The number of nitrogens with zero attached hydrogens (tertiary/aromatic N) is 1. The summed E-state index contributed by atoms with van der Waals surface area (Å²) < 4.78 is 13.8. The molecular weight excluding hydrogens is 241 g/mol. The van der Waals surface area contributed by atoms with E-state index >= 15 is 0 Å². The van der Waals surface area contributed by atoms with Gasteiger partial charge >= 0.3 is 0 Å². The van der Waals surface area contributed by atoms with Crippen LogP contribution in [0.3, 0.4) is 0 Å². The molecule has 0 N–H and O–H groups in total. The van der Waals surface area contributed by atoms with E-state index in [9.17, 15) is 9.18 Å². The number of halogens is 2. The normalized spacial score (nSPS) is 12.9. The maximum absolute atomic E-state index is 13.8. The van der Waals surface area contributed by atoms with Gasteiger partial charge in [0, 0.05) is 11.0 Å². The Kier molecular flexibility index (Phi) is 3.90. The minimum atomic E-state index is -1.12. The molecule has 0 heterocycles. The van der Waals surface area contributed by atoms with Gasteiger partial charge in [-0.3, -0.25) is 4.79 Å². The van der Waals surface area contributed by atoms with Crippen molar-refractivity contribution in [1.82, 2.24) is 0 Å². The maximum Gasteiger partial charge on any atom is 0.159 e. The van der Waals surface area contributed by atoms with Crippen LogP contribution >= 0.6 is 11.6 Å². The van der Waals surface area contributed by atoms with Crippen LogP contribution in [0.5, 0.6) is 0 Å². The Hall–Kier alpha value is -1.40. The number of Topliss-reactive ketones (excluding diaryl/α,β-unsaturated/α-hetero) is 1. The van der Waals surface area contributed by atoms with E-state index < -0.39 is 17.2 Å². The maximum atomic E-state index is 13.8. The summed E-state index contributed by atoms with van der Waals surface area (Å²) in [5.74, 6) is -2.13. The summed E-state index contributed by atoms with van der Waals surface area (Å²) in [7, 11) is 0. The van der Waals surface area contributed by atoms with Crippen molar-refractivity contribution in [2.24, 2.45) is 5.41 Å². The van der Waals surface area contributed by atoms with Crippen molar-refractivity contribution >= 4 is 17.4 Å². The molecule has 0 spiro atoms. The largest absolute Gasteiger partial charge is 0.297 e. The molecule has 0 aromatic heterocycles. The molecule has 0 saturated heterocycles. The van der Waals surface area contributed by atoms with E-state index in [4.69, 9.17) is 16.9 Å². The van der Waals surface area contributed by atoms with Gasteiger partial charge in [-0.2, -0.15) is 5.26 Å². The lowest BCUT2D eigenvalue weighted by atomic mass is 9.80. The number of carbonyl (C=O) groups excluding carboxylic acids is 1. The van der Waals surface area contributed by atoms with Gasteiger partial charge in [0.2, 0.25) is 0 Å². The molecule has 1 aromatic rings. The van der Waals surface area contributed by atoms with E-state index in [0.717, 1.165) is 0 Å². The third kappa shape index (κ3) is 2.83. The van der Waals surface area contributed by atoms with E-state index in [1.54, 1.807) is 20.8 Å². The molecule has 0 bridgehead atoms. The number of benzene rings is 1. The van der Waals surface area contributed by atoms with Crippen LogP contribution in [-0.2, 0) is 4.79 Å². The van der Waals surface area contributed by atoms with Gasteiger partial charge in [-0.15, -0.1) is 0 Å². The molecule has 4 heteroatoms. The Morgan fingerprint density at radius 3 is 2.53 bits per heavy atom. The molecule has 0 aliphatic heterocycles. The molecule has 0 radical (unpaired) electrons. The van der Waals surface area contributed by atoms with Gasteiger partial charge in [-0.1, -0.05) is 44.5 Å². The lowest BCUT2D eigenvalue weighted by molar-refractivity contribution is -0.126. The van der Waals surface area contributed by atoms with Crippen LogP contribution in [0, 0.1) is 22.6 Å². The zero-order chi connectivity index (χ0) is 13.2. The van der Waals surface area contributed by atoms with Gasteiger partial charge in [0.15, 0.2) is 5.78 Å². The predicted molar refractivity (Wildman–Crippen MR) is 64.2 cm³/mol. The Balaban J connectivity index is 3.26. The number of ketones is 1. The Morgan fingerprint density at radius 2 is 2.06 bits per heavy atom. The number of carbonyl (C=O) groups is 1. The number of hydrogen-bond acceptors (Lipinski definition) is 2. The minimum Gasteiger partial charge on any atom is -0.297 e. The summed E-state index contributed by atoms with van der Waals surface area (Å²) in [6, 6.07) is 6.17. The first-order valence-corrected chi connectivity index (χ1v) is 5.54. The van der Waals surface area contributed by atoms with E-state index in [1.165, 1.54) is 18.2 Å². The van der Waals surface area contributed by atoms with Crippen molar-refractivity contribution in [3.8, 4) is 6.07 Å². The molecule has 0 aliphatic carbocycles. The van der Waals surface area contributed by atoms with Crippen LogP contribution in [0.2, 0.25) is 5.02 Å². The molecule has 1 aromatic carbocycles. The Labute approximate surface area is 105 Å². The fourth-order valence-corrected chi connectivity index (χ4v) is 1.63. The SMILES string of the molecule is CC(C)(C)C(=O)C(C#N)c1cccc(Cl)c1F. The quantitative estimate of drug-likeness (QED) is 0.806. The van der Waals surface area contributed by atoms with Crippen molar-refractivity contribution in [3.05, 3.63) is 34.6 Å². The first kappa shape index (κ1) is 13.7. The molecule has 0 aliphatic rings. The first-order valence-electron chi connectivity index (χ1n) is 5.17. The van der Waals surface area contributed by atoms with Crippen LogP contribution < -0.4 is 0 Å². The summed E-state index contributed by atoms with van der Waals surface area (Å²) in [6.07, 6.45) is 0. The van der Waals surface area contributed by atoms with E-state index in [1.807, 2.05) is 6.07 Å². The first-order chi connectivity index (χ1) is 7.79. The number of rotatable bonds is 2. The summed E-state index contributed by atoms with van der Waals surface area (Å²) in [4.78, 5) is 12.0. The molecule has 17 heavy (non-hydrogen) atoms. The molecule has 0 saturated carbocycles. The lowest BCUT2D eigenvalue weighted by Crippen LogP contribution is -2.26. The van der Waals surface area contributed by atoms with Gasteiger partial charge in [0.25, 0.3) is 0 Å². The summed E-state index contributed by atoms with van der Waals surface area (Å²) in [5, 5.41) is 8.97. The van der Waals surface area contributed by atoms with E-state index in [-0.39, 0.29) is 16.4 Å². The highest BCUT2D eigenvalue weighted by atomic mass is 35.5. The van der Waals surface area contributed by atoms with Crippen molar-refractivity contribution in [1.29, 1.82) is 5.26 Å². The van der Waals surface area contributed by atoms with E-state index in [0.29, 0.717) is 0 Å². The van der Waals surface area contributed by atoms with Crippen LogP contribution in [0.15, 0.2) is 18.2 Å². The van der Waals surface area contributed by atoms with Gasteiger partial charge in [0.05, 0.1) is 11.1 Å². The monoisotopic (exact) mass is 253 g/mol. The van der Waals surface area contributed by atoms with E-state index in [2.05, 4.69) is 0 Å². The Morgan fingerprint density at radius 1 is 1.47 bits per heavy atom. The summed E-state index contributed by atoms with van der Waals surface area (Å²) >= 11 is 5.64. The lowest BCUT2D eigenvalue weighted by Gasteiger charge is -2.20. The fourth-order valence-electron chi connectivity index (χ4n) is 1.45. The fraction of sp³-hybridized carbons (Fsp3) is 0.385. The van der Waals surface area contributed by atoms with Crippen molar-refractivity contribution in [3.63, 3.8) is 0 Å². The molecule has 90 valence electrons. The zero-order valence-electron chi connectivity index (χ0n) is 9.92. The predicted octanol–water partition coefficient (Wildman–Crippen LogP) is 3.70. The molecule has 0 amide bonds. The van der Waals surface area contributed by atoms with Crippen molar-refractivity contribution in [2.75, 3.05) is 0 Å². The second-order valence-electron chi connectivity index (χ2n) is 4.82. The van der Waals surface area contributed by atoms with Gasteiger partial charge < -0.3 is 0 Å². The third-order valence-electron chi connectivity index (χ3n) is 2.42. The van der Waals surface area contributed by atoms with Gasteiger partial charge in [0.1, 0.15) is 11.7 Å². The molecule has 1 atom stereocenters. The highest BCUT2D eigenvalue weighted by Gasteiger charge is 2.32. The van der Waals surface area contributed by atoms with Crippen molar-refractivity contribution < 1.29 is 9.18 Å². The second-order valence-corrected chi connectivity index (χ2v) is 5.23. The van der Waals surface area contributed by atoms with Crippen LogP contribution in [-0.4, -0.2) is 5.78 Å². The topological polar surface area (TPSA) is 40.9 Å². The van der Waals surface area contributed by atoms with Crippen LogP contribution in [0.4, 0.5) is 4.39 Å². The average Bonchev–Trinajstić information content (AvgIpc) is 2.23. The number of nitriles is 1. The highest BCUT2D eigenvalue weighted by molar-refractivity contribution is 6.30. The van der Waals surface area contributed by atoms with Crippen LogP contribution in [0.25, 0.3) is 0 Å². The zero-order valence-corrected chi connectivity index (χ0v) is 10.7. The van der Waals surface area contributed by atoms with Gasteiger partial charge in [-0.25, -0.2) is 4.39 Å². The standard InChI is InChI=1S/C13H13ClFNO/c1-13(2,3)12(17)9(7-16)8-5-4-6-10(14)11(8)15/h4-6,9H,1-3H3. The highest BCUT2D eigenvalue weighted by Crippen LogP contribution is 2.30. The van der Waals surface area contributed by atoms with Gasteiger partial charge in [-0.05, 0) is 6.07 Å². The van der Waals surface area contributed by atoms with Crippen LogP contribution in [0.1, 0.15) is 32.3 Å². The summed E-state index contributed by atoms with van der Waals surface area (Å²) in [5.41, 5.74) is -0.658. The Bertz CT molecular complexity index is 485. The molecule has 2 nitrogen and oxygen atoms in total. The third-order valence-corrected chi connectivity index (χ3v) is 2.71. The molecule has 1 rings (SSSR count). The summed E-state index contributed by atoms with van der Waals surface area (Å²) in [6.45, 7) is 5.09. The minimum absolute atomic E-state index is 0.0416. The molecule has 0 fully saturated rings.